The first-order chi connectivity index (χ1) is 13.2. The molecule has 0 unspecified atom stereocenters. The van der Waals surface area contributed by atoms with Crippen LogP contribution in [0.5, 0.6) is 0 Å². The number of benzene rings is 2. The number of nitrogens with one attached hydrogen (secondary N) is 3. The summed E-state index contributed by atoms with van der Waals surface area (Å²) in [6, 6.07) is 13.5. The van der Waals surface area contributed by atoms with E-state index in [1.165, 1.54) is 0 Å². The van der Waals surface area contributed by atoms with Crippen molar-refractivity contribution in [1.82, 2.24) is 5.32 Å². The van der Waals surface area contributed by atoms with E-state index in [0.717, 1.165) is 12.8 Å². The maximum Gasteiger partial charge on any atom is 0.255 e. The highest BCUT2D eigenvalue weighted by Gasteiger charge is 2.29. The van der Waals surface area contributed by atoms with Gasteiger partial charge in [0.15, 0.2) is 0 Å². The number of carbonyl (C=O) groups is 3. The largest absolute Gasteiger partial charge is 0.347 e. The first-order valence-electron chi connectivity index (χ1n) is 9.36. The molecule has 0 bridgehead atoms. The summed E-state index contributed by atoms with van der Waals surface area (Å²) in [5.74, 6) is -0.245. The molecule has 1 fully saturated rings. The molecule has 3 rings (SSSR count). The Labute approximate surface area is 164 Å². The number of rotatable bonds is 5. The van der Waals surface area contributed by atoms with Crippen LogP contribution in [-0.4, -0.2) is 23.3 Å². The third kappa shape index (κ3) is 5.42. The first-order valence-corrected chi connectivity index (χ1v) is 9.36. The molecule has 3 amide bonds. The summed E-state index contributed by atoms with van der Waals surface area (Å²) < 4.78 is 0. The molecule has 0 saturated heterocycles. The van der Waals surface area contributed by atoms with Gasteiger partial charge in [-0.1, -0.05) is 0 Å². The van der Waals surface area contributed by atoms with E-state index in [-0.39, 0.29) is 29.2 Å². The van der Waals surface area contributed by atoms with Crippen LogP contribution < -0.4 is 16.0 Å². The van der Waals surface area contributed by atoms with E-state index in [9.17, 15) is 14.4 Å². The fourth-order valence-electron chi connectivity index (χ4n) is 2.62. The molecule has 1 aliphatic carbocycles. The van der Waals surface area contributed by atoms with E-state index in [0.29, 0.717) is 22.5 Å². The van der Waals surface area contributed by atoms with Crippen LogP contribution in [0.1, 0.15) is 54.3 Å². The number of amides is 3. The molecule has 6 heteroatoms. The van der Waals surface area contributed by atoms with Crippen LogP contribution in [0.2, 0.25) is 0 Å². The summed E-state index contributed by atoms with van der Waals surface area (Å²) in [6.45, 7) is 5.76. The van der Waals surface area contributed by atoms with E-state index in [4.69, 9.17) is 0 Å². The van der Waals surface area contributed by atoms with Crippen LogP contribution in [-0.2, 0) is 4.79 Å². The van der Waals surface area contributed by atoms with Gasteiger partial charge in [0.25, 0.3) is 11.8 Å². The van der Waals surface area contributed by atoms with Crippen molar-refractivity contribution in [2.24, 2.45) is 5.92 Å². The van der Waals surface area contributed by atoms with Gasteiger partial charge in [-0.05, 0) is 82.1 Å². The highest BCUT2D eigenvalue weighted by Crippen LogP contribution is 2.30. The number of carbonyl (C=O) groups excluding carboxylic acids is 3. The topological polar surface area (TPSA) is 87.3 Å². The van der Waals surface area contributed by atoms with Crippen LogP contribution in [0.15, 0.2) is 48.5 Å². The Hall–Kier alpha value is -3.15. The molecule has 2 aromatic rings. The molecule has 3 N–H and O–H groups in total. The standard InChI is InChI=1S/C22H25N3O3/c1-22(2,3)25-21(28)16-8-12-18(13-9-16)24-20(27)15-6-10-17(11-7-15)23-19(26)14-4-5-14/h6-14H,4-5H2,1-3H3,(H,23,26)(H,24,27)(H,25,28). The fourth-order valence-corrected chi connectivity index (χ4v) is 2.62. The molecule has 6 nitrogen and oxygen atoms in total. The smallest absolute Gasteiger partial charge is 0.255 e. The molecular formula is C22H25N3O3. The van der Waals surface area contributed by atoms with Crippen molar-refractivity contribution >= 4 is 29.1 Å². The van der Waals surface area contributed by atoms with Gasteiger partial charge >= 0.3 is 0 Å². The fraction of sp³-hybridized carbons (Fsp3) is 0.318. The predicted molar refractivity (Wildman–Crippen MR) is 109 cm³/mol. The first kappa shape index (κ1) is 19.6. The predicted octanol–water partition coefficient (Wildman–Crippen LogP) is 3.82. The van der Waals surface area contributed by atoms with Crippen LogP contribution in [0.4, 0.5) is 11.4 Å². The molecule has 2 aromatic carbocycles. The zero-order chi connectivity index (χ0) is 20.3. The van der Waals surface area contributed by atoms with Crippen LogP contribution >= 0.6 is 0 Å². The van der Waals surface area contributed by atoms with E-state index >= 15 is 0 Å². The Morgan fingerprint density at radius 1 is 0.750 bits per heavy atom. The van der Waals surface area contributed by atoms with E-state index in [1.54, 1.807) is 48.5 Å². The molecule has 0 spiro atoms. The summed E-state index contributed by atoms with van der Waals surface area (Å²) >= 11 is 0. The number of anilines is 2. The van der Waals surface area contributed by atoms with Gasteiger partial charge in [0.1, 0.15) is 0 Å². The Balaban J connectivity index is 1.58. The Morgan fingerprint density at radius 3 is 1.68 bits per heavy atom. The molecule has 0 aliphatic heterocycles. The second kappa shape index (κ2) is 7.84. The average Bonchev–Trinajstić information content (AvgIpc) is 3.46. The van der Waals surface area contributed by atoms with Crippen molar-refractivity contribution in [2.75, 3.05) is 10.6 Å². The second-order valence-electron chi connectivity index (χ2n) is 8.08. The van der Waals surface area contributed by atoms with Crippen molar-refractivity contribution in [1.29, 1.82) is 0 Å². The summed E-state index contributed by atoms with van der Waals surface area (Å²) in [5, 5.41) is 8.54. The highest BCUT2D eigenvalue weighted by atomic mass is 16.2. The molecule has 0 aromatic heterocycles. The van der Waals surface area contributed by atoms with Crippen molar-refractivity contribution in [3.8, 4) is 0 Å². The van der Waals surface area contributed by atoms with Gasteiger partial charge in [-0.15, -0.1) is 0 Å². The maximum atomic E-state index is 12.4. The summed E-state index contributed by atoms with van der Waals surface area (Å²) in [6.07, 6.45) is 1.89. The quantitative estimate of drug-likeness (QED) is 0.738. The second-order valence-corrected chi connectivity index (χ2v) is 8.08. The lowest BCUT2D eigenvalue weighted by Gasteiger charge is -2.20. The van der Waals surface area contributed by atoms with Gasteiger partial charge in [-0.25, -0.2) is 0 Å². The highest BCUT2D eigenvalue weighted by molar-refractivity contribution is 6.05. The lowest BCUT2D eigenvalue weighted by molar-refractivity contribution is -0.117. The van der Waals surface area contributed by atoms with Gasteiger partial charge in [-0.2, -0.15) is 0 Å². The van der Waals surface area contributed by atoms with Gasteiger partial charge in [0, 0.05) is 34.0 Å². The molecule has 0 heterocycles. The van der Waals surface area contributed by atoms with Crippen molar-refractivity contribution < 1.29 is 14.4 Å². The van der Waals surface area contributed by atoms with Crippen LogP contribution in [0.25, 0.3) is 0 Å². The minimum Gasteiger partial charge on any atom is -0.347 e. The van der Waals surface area contributed by atoms with Crippen molar-refractivity contribution in [2.45, 2.75) is 39.2 Å². The molecule has 0 radical (unpaired) electrons. The summed E-state index contributed by atoms with van der Waals surface area (Å²) in [5.41, 5.74) is 1.99. The van der Waals surface area contributed by atoms with Crippen molar-refractivity contribution in [3.05, 3.63) is 59.7 Å². The Kier molecular flexibility index (Phi) is 5.49. The monoisotopic (exact) mass is 379 g/mol. The number of hydrogen-bond acceptors (Lipinski definition) is 3. The third-order valence-corrected chi connectivity index (χ3v) is 4.26. The molecule has 146 valence electrons. The van der Waals surface area contributed by atoms with Crippen molar-refractivity contribution in [3.63, 3.8) is 0 Å². The Bertz CT molecular complexity index is 877. The van der Waals surface area contributed by atoms with Gasteiger partial charge in [-0.3, -0.25) is 14.4 Å². The third-order valence-electron chi connectivity index (χ3n) is 4.26. The zero-order valence-electron chi connectivity index (χ0n) is 16.3. The molecule has 1 aliphatic rings. The minimum absolute atomic E-state index is 0.0350. The number of hydrogen-bond donors (Lipinski definition) is 3. The van der Waals surface area contributed by atoms with Crippen LogP contribution in [0, 0.1) is 5.92 Å². The van der Waals surface area contributed by atoms with Gasteiger partial charge in [0.2, 0.25) is 5.91 Å². The average molecular weight is 379 g/mol. The lowest BCUT2D eigenvalue weighted by Crippen LogP contribution is -2.40. The Morgan fingerprint density at radius 2 is 1.21 bits per heavy atom. The van der Waals surface area contributed by atoms with Gasteiger partial charge in [0.05, 0.1) is 0 Å². The molecule has 0 atom stereocenters. The molecular weight excluding hydrogens is 354 g/mol. The molecule has 28 heavy (non-hydrogen) atoms. The minimum atomic E-state index is -0.311. The SMILES string of the molecule is CC(C)(C)NC(=O)c1ccc(NC(=O)c2ccc(NC(=O)C3CC3)cc2)cc1. The van der Waals surface area contributed by atoms with E-state index < -0.39 is 0 Å². The maximum absolute atomic E-state index is 12.4. The summed E-state index contributed by atoms with van der Waals surface area (Å²) in [4.78, 5) is 36.3. The normalized spacial score (nSPS) is 13.5. The van der Waals surface area contributed by atoms with Crippen LogP contribution in [0.3, 0.4) is 0 Å². The van der Waals surface area contributed by atoms with Gasteiger partial charge < -0.3 is 16.0 Å². The van der Waals surface area contributed by atoms with E-state index in [1.807, 2.05) is 20.8 Å². The summed E-state index contributed by atoms with van der Waals surface area (Å²) in [7, 11) is 0. The van der Waals surface area contributed by atoms with E-state index in [2.05, 4.69) is 16.0 Å². The zero-order valence-corrected chi connectivity index (χ0v) is 16.3. The lowest BCUT2D eigenvalue weighted by atomic mass is 10.1. The molecule has 1 saturated carbocycles.